The van der Waals surface area contributed by atoms with E-state index < -0.39 is 0 Å². The molecule has 3 aliphatic heterocycles. The molecule has 0 N–H and O–H groups in total. The lowest BCUT2D eigenvalue weighted by Crippen LogP contribution is -2.63. The maximum atomic E-state index is 13.5. The van der Waals surface area contributed by atoms with E-state index in [0.717, 1.165) is 51.6 Å². The van der Waals surface area contributed by atoms with Crippen molar-refractivity contribution in [2.75, 3.05) is 39.5 Å². The molecule has 0 bridgehead atoms. The van der Waals surface area contributed by atoms with Gasteiger partial charge in [0.25, 0.3) is 5.91 Å². The van der Waals surface area contributed by atoms with E-state index in [1.807, 2.05) is 40.1 Å². The standard InChI is InChI=1S/C22H30N2O4/c25-19(17-28-18-7-2-1-3-8-18)24-14-6-9-22(10-15-27-16-11-22)20(24)21(26)23-12-4-5-13-23/h1-3,7-8,20H,4-6,9-17H2. The van der Waals surface area contributed by atoms with E-state index in [-0.39, 0.29) is 29.9 Å². The van der Waals surface area contributed by atoms with Crippen LogP contribution in [0.4, 0.5) is 0 Å². The molecule has 1 spiro atoms. The zero-order valence-corrected chi connectivity index (χ0v) is 16.5. The van der Waals surface area contributed by atoms with Crippen molar-refractivity contribution >= 4 is 11.8 Å². The quantitative estimate of drug-likeness (QED) is 0.798. The highest BCUT2D eigenvalue weighted by molar-refractivity contribution is 5.89. The number of likely N-dealkylation sites (tertiary alicyclic amines) is 2. The normalized spacial score (nSPS) is 24.4. The molecular weight excluding hydrogens is 356 g/mol. The van der Waals surface area contributed by atoms with Gasteiger partial charge in [0.2, 0.25) is 5.91 Å². The molecule has 152 valence electrons. The predicted octanol–water partition coefficient (Wildman–Crippen LogP) is 2.48. The average Bonchev–Trinajstić information content (AvgIpc) is 3.28. The summed E-state index contributed by atoms with van der Waals surface area (Å²) < 4.78 is 11.3. The number of piperidine rings is 1. The van der Waals surface area contributed by atoms with Crippen LogP contribution in [0.5, 0.6) is 5.75 Å². The third-order valence-electron chi connectivity index (χ3n) is 6.53. The van der Waals surface area contributed by atoms with Gasteiger partial charge in [0.05, 0.1) is 0 Å². The van der Waals surface area contributed by atoms with E-state index in [4.69, 9.17) is 9.47 Å². The van der Waals surface area contributed by atoms with Gasteiger partial charge < -0.3 is 19.3 Å². The minimum absolute atomic E-state index is 0.0274. The van der Waals surface area contributed by atoms with Gasteiger partial charge in [0, 0.05) is 38.3 Å². The van der Waals surface area contributed by atoms with Gasteiger partial charge in [-0.15, -0.1) is 0 Å². The molecule has 0 aliphatic carbocycles. The number of nitrogens with zero attached hydrogens (tertiary/aromatic N) is 2. The van der Waals surface area contributed by atoms with E-state index in [0.29, 0.717) is 25.5 Å². The van der Waals surface area contributed by atoms with Gasteiger partial charge in [-0.3, -0.25) is 9.59 Å². The molecular formula is C22H30N2O4. The lowest BCUT2D eigenvalue weighted by Gasteiger charge is -2.51. The number of carbonyl (C=O) groups is 2. The van der Waals surface area contributed by atoms with E-state index in [9.17, 15) is 9.59 Å². The third kappa shape index (κ3) is 3.88. The van der Waals surface area contributed by atoms with Gasteiger partial charge in [-0.05, 0) is 50.7 Å². The predicted molar refractivity (Wildman–Crippen MR) is 105 cm³/mol. The molecule has 3 heterocycles. The fourth-order valence-corrected chi connectivity index (χ4v) is 5.02. The van der Waals surface area contributed by atoms with Crippen molar-refractivity contribution in [2.45, 2.75) is 44.6 Å². The van der Waals surface area contributed by atoms with Gasteiger partial charge in [0.1, 0.15) is 11.8 Å². The molecule has 1 unspecified atom stereocenters. The van der Waals surface area contributed by atoms with Crippen LogP contribution in [0.3, 0.4) is 0 Å². The van der Waals surface area contributed by atoms with Crippen molar-refractivity contribution < 1.29 is 19.1 Å². The average molecular weight is 386 g/mol. The number of amides is 2. The van der Waals surface area contributed by atoms with E-state index >= 15 is 0 Å². The number of benzene rings is 1. The monoisotopic (exact) mass is 386 g/mol. The minimum Gasteiger partial charge on any atom is -0.484 e. The van der Waals surface area contributed by atoms with Gasteiger partial charge in [-0.25, -0.2) is 0 Å². The van der Waals surface area contributed by atoms with Crippen LogP contribution in [0.1, 0.15) is 38.5 Å². The van der Waals surface area contributed by atoms with Crippen molar-refractivity contribution in [3.05, 3.63) is 30.3 Å². The minimum atomic E-state index is -0.380. The highest BCUT2D eigenvalue weighted by Gasteiger charge is 2.51. The largest absolute Gasteiger partial charge is 0.484 e. The molecule has 28 heavy (non-hydrogen) atoms. The maximum absolute atomic E-state index is 13.5. The van der Waals surface area contributed by atoms with Crippen LogP contribution in [0.15, 0.2) is 30.3 Å². The van der Waals surface area contributed by atoms with Crippen LogP contribution in [0.2, 0.25) is 0 Å². The van der Waals surface area contributed by atoms with E-state index in [1.165, 1.54) is 0 Å². The van der Waals surface area contributed by atoms with Crippen molar-refractivity contribution in [3.8, 4) is 5.75 Å². The molecule has 1 aromatic rings. The van der Waals surface area contributed by atoms with Crippen molar-refractivity contribution in [1.82, 2.24) is 9.80 Å². The molecule has 1 aromatic carbocycles. The Kier molecular flexibility index (Phi) is 5.85. The first-order chi connectivity index (χ1) is 13.7. The molecule has 1 atom stereocenters. The van der Waals surface area contributed by atoms with Gasteiger partial charge >= 0.3 is 0 Å². The summed E-state index contributed by atoms with van der Waals surface area (Å²) in [6, 6.07) is 9.00. The first-order valence-electron chi connectivity index (χ1n) is 10.5. The highest BCUT2D eigenvalue weighted by atomic mass is 16.5. The molecule has 0 radical (unpaired) electrons. The molecule has 0 aromatic heterocycles. The Morgan fingerprint density at radius 2 is 1.71 bits per heavy atom. The molecule has 2 amide bonds. The van der Waals surface area contributed by atoms with Crippen molar-refractivity contribution in [3.63, 3.8) is 0 Å². The smallest absolute Gasteiger partial charge is 0.261 e. The van der Waals surface area contributed by atoms with Crippen LogP contribution in [-0.2, 0) is 14.3 Å². The van der Waals surface area contributed by atoms with Gasteiger partial charge in [-0.2, -0.15) is 0 Å². The lowest BCUT2D eigenvalue weighted by atomic mass is 9.67. The second-order valence-corrected chi connectivity index (χ2v) is 8.20. The molecule has 6 heteroatoms. The number of carbonyl (C=O) groups excluding carboxylic acids is 2. The molecule has 3 aliphatic rings. The SMILES string of the molecule is O=C(C1N(C(=O)COc2ccccc2)CCCC12CCOCC2)N1CCCC1. The summed E-state index contributed by atoms with van der Waals surface area (Å²) in [6.07, 6.45) is 5.73. The molecule has 3 fully saturated rings. The van der Waals surface area contributed by atoms with Crippen molar-refractivity contribution in [1.29, 1.82) is 0 Å². The number of para-hydroxylation sites is 1. The third-order valence-corrected chi connectivity index (χ3v) is 6.53. The van der Waals surface area contributed by atoms with Crippen molar-refractivity contribution in [2.24, 2.45) is 5.41 Å². The Balaban J connectivity index is 1.54. The maximum Gasteiger partial charge on any atom is 0.261 e. The lowest BCUT2D eigenvalue weighted by molar-refractivity contribution is -0.161. The van der Waals surface area contributed by atoms with E-state index in [1.54, 1.807) is 0 Å². The summed E-state index contributed by atoms with van der Waals surface area (Å²) in [4.78, 5) is 30.4. The van der Waals surface area contributed by atoms with Crippen LogP contribution in [0, 0.1) is 5.41 Å². The number of hydrogen-bond donors (Lipinski definition) is 0. The van der Waals surface area contributed by atoms with Gasteiger partial charge in [0.15, 0.2) is 6.61 Å². The fraction of sp³-hybridized carbons (Fsp3) is 0.636. The molecule has 3 saturated heterocycles. The number of rotatable bonds is 4. The highest BCUT2D eigenvalue weighted by Crippen LogP contribution is 2.45. The van der Waals surface area contributed by atoms with Crippen LogP contribution < -0.4 is 4.74 Å². The fourth-order valence-electron chi connectivity index (χ4n) is 5.02. The summed E-state index contributed by atoms with van der Waals surface area (Å²) >= 11 is 0. The summed E-state index contributed by atoms with van der Waals surface area (Å²) in [5.74, 6) is 0.718. The summed E-state index contributed by atoms with van der Waals surface area (Å²) in [7, 11) is 0. The van der Waals surface area contributed by atoms with Crippen LogP contribution in [0.25, 0.3) is 0 Å². The van der Waals surface area contributed by atoms with Crippen LogP contribution in [-0.4, -0.2) is 67.1 Å². The van der Waals surface area contributed by atoms with Gasteiger partial charge in [-0.1, -0.05) is 18.2 Å². The molecule has 6 nitrogen and oxygen atoms in total. The molecule has 0 saturated carbocycles. The second-order valence-electron chi connectivity index (χ2n) is 8.20. The first kappa shape index (κ1) is 19.2. The zero-order valence-electron chi connectivity index (χ0n) is 16.5. The number of hydrogen-bond acceptors (Lipinski definition) is 4. The topological polar surface area (TPSA) is 59.1 Å². The number of ether oxygens (including phenoxy) is 2. The zero-order chi connectivity index (χ0) is 19.4. The molecule has 4 rings (SSSR count). The van der Waals surface area contributed by atoms with E-state index in [2.05, 4.69) is 0 Å². The Labute approximate surface area is 166 Å². The van der Waals surface area contributed by atoms with Crippen LogP contribution >= 0.6 is 0 Å². The Morgan fingerprint density at radius 3 is 2.43 bits per heavy atom. The summed E-state index contributed by atoms with van der Waals surface area (Å²) in [6.45, 7) is 3.57. The Morgan fingerprint density at radius 1 is 1.00 bits per heavy atom. The Hall–Kier alpha value is -2.08. The summed E-state index contributed by atoms with van der Waals surface area (Å²) in [5.41, 5.74) is -0.154. The second kappa shape index (κ2) is 8.52. The first-order valence-corrected chi connectivity index (χ1v) is 10.5. The Bertz CT molecular complexity index is 676. The summed E-state index contributed by atoms with van der Waals surface area (Å²) in [5, 5.41) is 0.